The maximum atomic E-state index is 12.7. The van der Waals surface area contributed by atoms with Crippen molar-refractivity contribution in [3.8, 4) is 0 Å². The Balaban J connectivity index is 4.29. The Kier molecular flexibility index (Phi) is 44.2. The molecule has 0 amide bonds. The zero-order valence-electron chi connectivity index (χ0n) is 38.8. The van der Waals surface area contributed by atoms with Gasteiger partial charge >= 0.3 is 17.9 Å². The molecule has 6 nitrogen and oxygen atoms in total. The fraction of sp³-hybridized carbons (Fsp3) is 0.941. The highest BCUT2D eigenvalue weighted by Crippen LogP contribution is 2.17. The van der Waals surface area contributed by atoms with Crippen LogP contribution in [0.25, 0.3) is 0 Å². The van der Waals surface area contributed by atoms with Crippen LogP contribution in [0.15, 0.2) is 0 Å². The van der Waals surface area contributed by atoms with Gasteiger partial charge in [0, 0.05) is 19.3 Å². The quantitative estimate of drug-likeness (QED) is 0.0346. The Labute approximate surface area is 355 Å². The zero-order valence-corrected chi connectivity index (χ0v) is 38.8. The molecule has 0 aromatic carbocycles. The summed E-state index contributed by atoms with van der Waals surface area (Å²) in [5.41, 5.74) is 0. The lowest BCUT2D eigenvalue weighted by molar-refractivity contribution is -0.167. The Hall–Kier alpha value is -1.59. The number of carbonyl (C=O) groups is 3. The van der Waals surface area contributed by atoms with E-state index < -0.39 is 6.10 Å². The molecule has 0 aliphatic rings. The van der Waals surface area contributed by atoms with E-state index in [4.69, 9.17) is 14.2 Å². The van der Waals surface area contributed by atoms with Crippen LogP contribution in [0.3, 0.4) is 0 Å². The summed E-state index contributed by atoms with van der Waals surface area (Å²) >= 11 is 0. The second-order valence-electron chi connectivity index (χ2n) is 17.7. The maximum Gasteiger partial charge on any atom is 0.306 e. The number of carbonyl (C=O) groups excluding carboxylic acids is 3. The summed E-state index contributed by atoms with van der Waals surface area (Å²) in [6, 6.07) is 0. The molecule has 0 aromatic rings. The van der Waals surface area contributed by atoms with E-state index in [0.717, 1.165) is 63.7 Å². The molecule has 0 aliphatic carbocycles. The van der Waals surface area contributed by atoms with Gasteiger partial charge in [0.25, 0.3) is 0 Å². The molecule has 0 radical (unpaired) electrons. The first-order chi connectivity index (χ1) is 27.9. The maximum absolute atomic E-state index is 12.7. The lowest BCUT2D eigenvalue weighted by atomic mass is 9.99. The van der Waals surface area contributed by atoms with Crippen molar-refractivity contribution in [2.45, 2.75) is 291 Å². The van der Waals surface area contributed by atoms with Crippen molar-refractivity contribution in [2.24, 2.45) is 5.92 Å². The molecule has 0 fully saturated rings. The Bertz CT molecular complexity index is 859. The summed E-state index contributed by atoms with van der Waals surface area (Å²) in [5.74, 6) is 0.0000134. The number of ether oxygens (including phenoxy) is 3. The summed E-state index contributed by atoms with van der Waals surface area (Å²) in [4.78, 5) is 37.9. The molecule has 338 valence electrons. The van der Waals surface area contributed by atoms with Gasteiger partial charge in [-0.15, -0.1) is 0 Å². The van der Waals surface area contributed by atoms with Crippen LogP contribution < -0.4 is 0 Å². The molecule has 0 aromatic heterocycles. The summed E-state index contributed by atoms with van der Waals surface area (Å²) < 4.78 is 16.8. The molecule has 6 heteroatoms. The molecule has 0 heterocycles. The zero-order chi connectivity index (χ0) is 41.7. The van der Waals surface area contributed by atoms with Gasteiger partial charge < -0.3 is 14.2 Å². The van der Waals surface area contributed by atoms with Crippen molar-refractivity contribution < 1.29 is 28.6 Å². The second kappa shape index (κ2) is 45.5. The molecule has 0 saturated carbocycles. The van der Waals surface area contributed by atoms with Crippen LogP contribution in [0.4, 0.5) is 0 Å². The first-order valence-electron chi connectivity index (χ1n) is 25.4. The predicted molar refractivity (Wildman–Crippen MR) is 243 cm³/mol. The van der Waals surface area contributed by atoms with Crippen molar-refractivity contribution in [1.82, 2.24) is 0 Å². The third kappa shape index (κ3) is 43.8. The van der Waals surface area contributed by atoms with Gasteiger partial charge in [0.15, 0.2) is 6.10 Å². The summed E-state index contributed by atoms with van der Waals surface area (Å²) in [5, 5.41) is 0. The van der Waals surface area contributed by atoms with E-state index in [2.05, 4.69) is 27.7 Å². The highest BCUT2D eigenvalue weighted by Gasteiger charge is 2.19. The van der Waals surface area contributed by atoms with Crippen LogP contribution in [0.1, 0.15) is 285 Å². The van der Waals surface area contributed by atoms with Crippen LogP contribution in [0, 0.1) is 5.92 Å². The average molecular weight is 807 g/mol. The normalized spacial score (nSPS) is 12.4. The Morgan fingerprint density at radius 3 is 0.912 bits per heavy atom. The van der Waals surface area contributed by atoms with Crippen LogP contribution in [-0.2, 0) is 28.6 Å². The van der Waals surface area contributed by atoms with Crippen molar-refractivity contribution in [3.63, 3.8) is 0 Å². The minimum atomic E-state index is -0.760. The largest absolute Gasteiger partial charge is 0.462 e. The molecule has 0 bridgehead atoms. The molecule has 1 unspecified atom stereocenters. The monoisotopic (exact) mass is 807 g/mol. The summed E-state index contributed by atoms with van der Waals surface area (Å²) in [6.45, 7) is 9.02. The number of hydrogen-bond acceptors (Lipinski definition) is 6. The van der Waals surface area contributed by atoms with Crippen molar-refractivity contribution in [3.05, 3.63) is 0 Å². The van der Waals surface area contributed by atoms with Gasteiger partial charge in [-0.25, -0.2) is 0 Å². The van der Waals surface area contributed by atoms with E-state index in [9.17, 15) is 14.4 Å². The predicted octanol–water partition coefficient (Wildman–Crippen LogP) is 16.3. The van der Waals surface area contributed by atoms with Gasteiger partial charge in [-0.3, -0.25) is 14.4 Å². The summed E-state index contributed by atoms with van der Waals surface area (Å²) in [7, 11) is 0. The standard InChI is InChI=1S/C51H98O6/c1-5-8-10-12-14-16-18-19-20-21-22-24-25-30-34-38-42-49(52)55-45-48(57-51(54)44-40-36-32-26-23-17-15-13-11-9-6-2)46-56-50(53)43-39-35-31-28-27-29-33-37-41-47(4)7-3/h47-48H,5-46H2,1-4H3/t47?,48-/m0/s1. The fourth-order valence-corrected chi connectivity index (χ4v) is 7.66. The first-order valence-corrected chi connectivity index (χ1v) is 25.4. The van der Waals surface area contributed by atoms with E-state index in [0.29, 0.717) is 19.3 Å². The van der Waals surface area contributed by atoms with E-state index >= 15 is 0 Å². The van der Waals surface area contributed by atoms with E-state index in [1.807, 2.05) is 0 Å². The highest BCUT2D eigenvalue weighted by atomic mass is 16.6. The molecule has 0 spiro atoms. The molecule has 0 saturated heterocycles. The SMILES string of the molecule is CCCCCCCCCCCCCCCCCCC(=O)OC[C@@H](COC(=O)CCCCCCCCCCC(C)CC)OC(=O)CCCCCCCCCCCCC. The summed E-state index contributed by atoms with van der Waals surface area (Å²) in [6.07, 6.45) is 46.5. The fourth-order valence-electron chi connectivity index (χ4n) is 7.66. The lowest BCUT2D eigenvalue weighted by Crippen LogP contribution is -2.30. The number of rotatable bonds is 46. The average Bonchev–Trinajstić information content (AvgIpc) is 3.21. The number of hydrogen-bond donors (Lipinski definition) is 0. The van der Waals surface area contributed by atoms with Gasteiger partial charge in [0.05, 0.1) is 0 Å². The third-order valence-electron chi connectivity index (χ3n) is 11.9. The van der Waals surface area contributed by atoms with Crippen LogP contribution in [0.2, 0.25) is 0 Å². The van der Waals surface area contributed by atoms with Crippen LogP contribution in [0.5, 0.6) is 0 Å². The van der Waals surface area contributed by atoms with Gasteiger partial charge in [0.1, 0.15) is 13.2 Å². The second-order valence-corrected chi connectivity index (χ2v) is 17.7. The van der Waals surface area contributed by atoms with Crippen LogP contribution in [-0.4, -0.2) is 37.2 Å². The van der Waals surface area contributed by atoms with Crippen molar-refractivity contribution in [2.75, 3.05) is 13.2 Å². The topological polar surface area (TPSA) is 78.9 Å². The number of esters is 3. The molecule has 0 N–H and O–H groups in total. The van der Waals surface area contributed by atoms with E-state index in [1.54, 1.807) is 0 Å². The third-order valence-corrected chi connectivity index (χ3v) is 11.9. The van der Waals surface area contributed by atoms with Gasteiger partial charge in [0.2, 0.25) is 0 Å². The van der Waals surface area contributed by atoms with Crippen LogP contribution >= 0.6 is 0 Å². The molecule has 0 rings (SSSR count). The minimum absolute atomic E-state index is 0.0632. The molecule has 0 aliphatic heterocycles. The van der Waals surface area contributed by atoms with Crippen molar-refractivity contribution >= 4 is 17.9 Å². The smallest absolute Gasteiger partial charge is 0.306 e. The molecular formula is C51H98O6. The van der Waals surface area contributed by atoms with Gasteiger partial charge in [-0.05, 0) is 25.2 Å². The molecular weight excluding hydrogens is 709 g/mol. The number of unbranched alkanes of at least 4 members (excludes halogenated alkanes) is 32. The Morgan fingerprint density at radius 1 is 0.351 bits per heavy atom. The highest BCUT2D eigenvalue weighted by molar-refractivity contribution is 5.71. The first kappa shape index (κ1) is 55.4. The minimum Gasteiger partial charge on any atom is -0.462 e. The lowest BCUT2D eigenvalue weighted by Gasteiger charge is -2.18. The van der Waals surface area contributed by atoms with Gasteiger partial charge in [-0.1, -0.05) is 246 Å². The van der Waals surface area contributed by atoms with Gasteiger partial charge in [-0.2, -0.15) is 0 Å². The van der Waals surface area contributed by atoms with Crippen molar-refractivity contribution in [1.29, 1.82) is 0 Å². The van der Waals surface area contributed by atoms with E-state index in [1.165, 1.54) is 180 Å². The molecule has 2 atom stereocenters. The Morgan fingerprint density at radius 2 is 0.614 bits per heavy atom. The molecule has 57 heavy (non-hydrogen) atoms. The van der Waals surface area contributed by atoms with E-state index in [-0.39, 0.29) is 31.1 Å².